The molecule has 21 heavy (non-hydrogen) atoms. The van der Waals surface area contributed by atoms with Gasteiger partial charge in [0.15, 0.2) is 5.96 Å². The molecule has 1 aromatic heterocycles. The van der Waals surface area contributed by atoms with E-state index in [1.807, 2.05) is 0 Å². The van der Waals surface area contributed by atoms with E-state index in [4.69, 9.17) is 16.6 Å². The van der Waals surface area contributed by atoms with Crippen molar-refractivity contribution in [2.24, 2.45) is 21.6 Å². The van der Waals surface area contributed by atoms with Crippen LogP contribution in [-0.2, 0) is 10.0 Å². The minimum absolute atomic E-state index is 0.0126. The molecular weight excluding hydrogens is 294 g/mol. The number of hydrogen-bond donors (Lipinski definition) is 3. The summed E-state index contributed by atoms with van der Waals surface area (Å²) in [5, 5.41) is 5.12. The number of amides is 1. The van der Waals surface area contributed by atoms with Gasteiger partial charge >= 0.3 is 0 Å². The monoisotopic (exact) mass is 307 g/mol. The van der Waals surface area contributed by atoms with Crippen LogP contribution in [0.25, 0.3) is 5.69 Å². The van der Waals surface area contributed by atoms with Crippen molar-refractivity contribution in [2.45, 2.75) is 4.90 Å². The van der Waals surface area contributed by atoms with Gasteiger partial charge in [-0.05, 0) is 30.3 Å². The third-order valence-corrected chi connectivity index (χ3v) is 3.49. The fourth-order valence-electron chi connectivity index (χ4n) is 1.71. The Hall–Kier alpha value is -2.65. The van der Waals surface area contributed by atoms with Gasteiger partial charge in [0.1, 0.15) is 0 Å². The smallest absolute Gasteiger partial charge is 0.280 e. The van der Waals surface area contributed by atoms with Gasteiger partial charge in [-0.25, -0.2) is 13.6 Å². The second-order valence-corrected chi connectivity index (χ2v) is 5.75. The summed E-state index contributed by atoms with van der Waals surface area (Å²) in [6.07, 6.45) is 3.38. The molecule has 6 N–H and O–H groups in total. The van der Waals surface area contributed by atoms with Crippen LogP contribution in [0.4, 0.5) is 0 Å². The van der Waals surface area contributed by atoms with Crippen molar-refractivity contribution in [1.29, 1.82) is 0 Å². The zero-order valence-electron chi connectivity index (χ0n) is 10.8. The van der Waals surface area contributed by atoms with Crippen molar-refractivity contribution < 1.29 is 13.2 Å². The van der Waals surface area contributed by atoms with Crippen LogP contribution in [0, 0.1) is 0 Å². The molecule has 0 unspecified atom stereocenters. The molecule has 0 fully saturated rings. The Kier molecular flexibility index (Phi) is 3.78. The predicted octanol–water partition coefficient (Wildman–Crippen LogP) is -0.462. The summed E-state index contributed by atoms with van der Waals surface area (Å²) in [6.45, 7) is 0. The Labute approximate surface area is 120 Å². The molecule has 0 atom stereocenters. The highest BCUT2D eigenvalue weighted by Crippen LogP contribution is 2.18. The van der Waals surface area contributed by atoms with E-state index < -0.39 is 21.9 Å². The van der Waals surface area contributed by atoms with Crippen LogP contribution in [-0.4, -0.2) is 24.9 Å². The minimum Gasteiger partial charge on any atom is -0.370 e. The molecule has 0 bridgehead atoms. The van der Waals surface area contributed by atoms with E-state index in [1.165, 1.54) is 12.1 Å². The van der Waals surface area contributed by atoms with Gasteiger partial charge in [0.2, 0.25) is 10.0 Å². The van der Waals surface area contributed by atoms with Crippen LogP contribution in [0.15, 0.2) is 52.6 Å². The second-order valence-electron chi connectivity index (χ2n) is 4.19. The quantitative estimate of drug-likeness (QED) is 0.518. The summed E-state index contributed by atoms with van der Waals surface area (Å²) < 4.78 is 24.7. The van der Waals surface area contributed by atoms with E-state index >= 15 is 0 Å². The van der Waals surface area contributed by atoms with Crippen LogP contribution in [0.1, 0.15) is 10.4 Å². The highest BCUT2D eigenvalue weighted by molar-refractivity contribution is 7.89. The largest absolute Gasteiger partial charge is 0.370 e. The lowest BCUT2D eigenvalue weighted by Gasteiger charge is -2.08. The van der Waals surface area contributed by atoms with E-state index in [-0.39, 0.29) is 10.5 Å². The molecule has 8 nitrogen and oxygen atoms in total. The van der Waals surface area contributed by atoms with Gasteiger partial charge in [0.05, 0.1) is 4.90 Å². The summed E-state index contributed by atoms with van der Waals surface area (Å²) in [5.74, 6) is -1.17. The standard InChI is InChI=1S/C12H13N5O3S/c13-12(14)16-11(18)8-5-9(17-3-1-2-4-17)7-10(6-8)21(15,19)20/h1-7H,(H2,15,19,20)(H4,13,14,16,18). The van der Waals surface area contributed by atoms with Gasteiger partial charge in [-0.3, -0.25) is 4.79 Å². The van der Waals surface area contributed by atoms with E-state index in [2.05, 4.69) is 4.99 Å². The summed E-state index contributed by atoms with van der Waals surface area (Å²) in [5.41, 5.74) is 10.7. The number of aliphatic imine (C=N–C) groups is 1. The van der Waals surface area contributed by atoms with Crippen molar-refractivity contribution in [1.82, 2.24) is 4.57 Å². The van der Waals surface area contributed by atoms with Gasteiger partial charge in [-0.2, -0.15) is 4.99 Å². The molecule has 0 spiro atoms. The molecule has 0 aliphatic rings. The highest BCUT2D eigenvalue weighted by atomic mass is 32.2. The van der Waals surface area contributed by atoms with E-state index in [9.17, 15) is 13.2 Å². The van der Waals surface area contributed by atoms with Gasteiger partial charge in [-0.15, -0.1) is 0 Å². The predicted molar refractivity (Wildman–Crippen MR) is 77.3 cm³/mol. The number of benzene rings is 1. The number of aromatic nitrogens is 1. The molecule has 2 rings (SSSR count). The molecule has 0 saturated heterocycles. The van der Waals surface area contributed by atoms with Crippen LogP contribution in [0.2, 0.25) is 0 Å². The number of hydrogen-bond acceptors (Lipinski definition) is 3. The summed E-state index contributed by atoms with van der Waals surface area (Å²) in [6, 6.07) is 7.43. The maximum Gasteiger partial charge on any atom is 0.280 e. The lowest BCUT2D eigenvalue weighted by molar-refractivity contribution is 0.100. The van der Waals surface area contributed by atoms with E-state index in [0.29, 0.717) is 5.69 Å². The van der Waals surface area contributed by atoms with Crippen molar-refractivity contribution in [3.05, 3.63) is 48.3 Å². The van der Waals surface area contributed by atoms with Crippen molar-refractivity contribution in [3.8, 4) is 5.69 Å². The number of carbonyl (C=O) groups excluding carboxylic acids is 1. The van der Waals surface area contributed by atoms with Gasteiger partial charge in [0, 0.05) is 23.6 Å². The Bertz CT molecular complexity index is 805. The van der Waals surface area contributed by atoms with E-state index in [1.54, 1.807) is 29.1 Å². The number of nitrogens with two attached hydrogens (primary N) is 3. The molecule has 1 amide bonds. The molecule has 0 saturated carbocycles. The first-order chi connectivity index (χ1) is 9.77. The number of nitrogens with zero attached hydrogens (tertiary/aromatic N) is 2. The summed E-state index contributed by atoms with van der Waals surface area (Å²) >= 11 is 0. The average Bonchev–Trinajstić information content (AvgIpc) is 2.90. The van der Waals surface area contributed by atoms with Gasteiger partial charge < -0.3 is 16.0 Å². The third kappa shape index (κ3) is 3.46. The van der Waals surface area contributed by atoms with Crippen LogP contribution in [0.3, 0.4) is 0 Å². The number of primary sulfonamides is 1. The minimum atomic E-state index is -3.98. The molecule has 0 aliphatic carbocycles. The van der Waals surface area contributed by atoms with Crippen molar-refractivity contribution >= 4 is 21.9 Å². The summed E-state index contributed by atoms with van der Waals surface area (Å²) in [4.78, 5) is 15.0. The van der Waals surface area contributed by atoms with Crippen molar-refractivity contribution in [2.75, 3.05) is 0 Å². The molecule has 0 radical (unpaired) electrons. The lowest BCUT2D eigenvalue weighted by Crippen LogP contribution is -2.24. The third-order valence-electron chi connectivity index (χ3n) is 2.60. The number of sulfonamides is 1. The van der Waals surface area contributed by atoms with Gasteiger partial charge in [-0.1, -0.05) is 0 Å². The maximum absolute atomic E-state index is 11.9. The normalized spacial score (nSPS) is 11.1. The maximum atomic E-state index is 11.9. The zero-order valence-corrected chi connectivity index (χ0v) is 11.6. The highest BCUT2D eigenvalue weighted by Gasteiger charge is 2.15. The van der Waals surface area contributed by atoms with Gasteiger partial charge in [0.25, 0.3) is 5.91 Å². The Morgan fingerprint density at radius 3 is 2.24 bits per heavy atom. The first-order valence-corrected chi connectivity index (χ1v) is 7.27. The molecular formula is C12H13N5O3S. The molecule has 2 aromatic rings. The summed E-state index contributed by atoms with van der Waals surface area (Å²) in [7, 11) is -3.98. The lowest BCUT2D eigenvalue weighted by atomic mass is 10.2. The number of carbonyl (C=O) groups is 1. The van der Waals surface area contributed by atoms with E-state index in [0.717, 1.165) is 6.07 Å². The second kappa shape index (κ2) is 5.38. The fraction of sp³-hybridized carbons (Fsp3) is 0. The average molecular weight is 307 g/mol. The number of rotatable bonds is 3. The SMILES string of the molecule is NC(N)=NC(=O)c1cc(-n2cccc2)cc(S(N)(=O)=O)c1. The fourth-order valence-corrected chi connectivity index (χ4v) is 2.28. The van der Waals surface area contributed by atoms with Crippen molar-refractivity contribution in [3.63, 3.8) is 0 Å². The first-order valence-electron chi connectivity index (χ1n) is 5.72. The molecule has 9 heteroatoms. The molecule has 0 aliphatic heterocycles. The molecule has 110 valence electrons. The molecule has 1 heterocycles. The topological polar surface area (TPSA) is 147 Å². The Morgan fingerprint density at radius 1 is 1.10 bits per heavy atom. The van der Waals surface area contributed by atoms with Crippen LogP contribution >= 0.6 is 0 Å². The zero-order chi connectivity index (χ0) is 15.6. The molecule has 1 aromatic carbocycles. The number of guanidine groups is 1. The first kappa shape index (κ1) is 14.8. The Morgan fingerprint density at radius 2 is 1.71 bits per heavy atom. The Balaban J connectivity index is 2.64. The van der Waals surface area contributed by atoms with Crippen LogP contribution in [0.5, 0.6) is 0 Å². The van der Waals surface area contributed by atoms with Crippen LogP contribution < -0.4 is 16.6 Å².